The Morgan fingerprint density at radius 1 is 0.909 bits per heavy atom. The molecule has 0 spiro atoms. The highest BCUT2D eigenvalue weighted by atomic mass is 16.5. The van der Waals surface area contributed by atoms with E-state index in [-0.39, 0.29) is 23.2 Å². The van der Waals surface area contributed by atoms with Crippen LogP contribution in [0.5, 0.6) is 5.75 Å². The number of piperazine rings is 1. The average molecular weight is 600 g/mol. The van der Waals surface area contributed by atoms with Gasteiger partial charge in [-0.25, -0.2) is 15.0 Å². The van der Waals surface area contributed by atoms with Crippen molar-refractivity contribution in [2.24, 2.45) is 23.2 Å². The zero-order valence-corrected chi connectivity index (χ0v) is 26.2. The van der Waals surface area contributed by atoms with E-state index < -0.39 is 0 Å². The van der Waals surface area contributed by atoms with E-state index in [1.807, 2.05) is 18.5 Å². The highest BCUT2D eigenvalue weighted by Crippen LogP contribution is 2.61. The largest absolute Gasteiger partial charge is 0.497 e. The van der Waals surface area contributed by atoms with Gasteiger partial charge in [0.15, 0.2) is 17.0 Å². The number of fused-ring (bicyclic) bond motifs is 6. The van der Waals surface area contributed by atoms with Gasteiger partial charge in [-0.05, 0) is 99.3 Å². The number of ether oxygens (including phenoxy) is 2. The molecule has 3 saturated heterocycles. The van der Waals surface area contributed by atoms with E-state index in [0.29, 0.717) is 30.2 Å². The number of imidazole rings is 1. The summed E-state index contributed by atoms with van der Waals surface area (Å²) in [6, 6.07) is 8.63. The molecule has 8 rings (SSSR count). The lowest BCUT2D eigenvalue weighted by molar-refractivity contribution is -0.231. The van der Waals surface area contributed by atoms with Gasteiger partial charge in [-0.3, -0.25) is 9.36 Å². The number of piperidine rings is 1. The van der Waals surface area contributed by atoms with Gasteiger partial charge in [-0.15, -0.1) is 0 Å². The van der Waals surface area contributed by atoms with Crippen LogP contribution in [0.15, 0.2) is 36.9 Å². The molecule has 0 bridgehead atoms. The molecule has 0 radical (unpaired) electrons. The van der Waals surface area contributed by atoms with Gasteiger partial charge in [0.25, 0.3) is 0 Å². The van der Waals surface area contributed by atoms with Crippen LogP contribution in [0.1, 0.15) is 71.4 Å². The van der Waals surface area contributed by atoms with Crippen LogP contribution < -0.4 is 19.9 Å². The molecule has 3 aromatic rings. The van der Waals surface area contributed by atoms with Crippen LogP contribution in [-0.2, 0) is 9.53 Å². The van der Waals surface area contributed by atoms with Crippen molar-refractivity contribution in [3.05, 3.63) is 36.9 Å². The maximum Gasteiger partial charge on any atom is 0.220 e. The Labute approximate surface area is 259 Å². The maximum absolute atomic E-state index is 12.2. The number of aromatic nitrogens is 4. The summed E-state index contributed by atoms with van der Waals surface area (Å²) in [5.74, 6) is 3.90. The number of rotatable bonds is 4. The van der Waals surface area contributed by atoms with E-state index in [4.69, 9.17) is 24.4 Å². The highest BCUT2D eigenvalue weighted by molar-refractivity contribution is 5.83. The second-order valence-corrected chi connectivity index (χ2v) is 14.3. The van der Waals surface area contributed by atoms with Crippen molar-refractivity contribution in [2.75, 3.05) is 43.1 Å². The van der Waals surface area contributed by atoms with Gasteiger partial charge in [0.2, 0.25) is 5.91 Å². The molecule has 1 amide bonds. The van der Waals surface area contributed by atoms with E-state index in [1.165, 1.54) is 18.5 Å². The molecule has 7 atom stereocenters. The molecule has 10 nitrogen and oxygen atoms in total. The minimum absolute atomic E-state index is 0.0756. The van der Waals surface area contributed by atoms with E-state index in [2.05, 4.69) is 45.7 Å². The molecule has 5 heterocycles. The summed E-state index contributed by atoms with van der Waals surface area (Å²) in [6.45, 7) is 8.39. The second kappa shape index (κ2) is 10.6. The second-order valence-electron chi connectivity index (χ2n) is 14.3. The molecular weight excluding hydrogens is 554 g/mol. The van der Waals surface area contributed by atoms with Crippen molar-refractivity contribution in [2.45, 2.75) is 83.1 Å². The van der Waals surface area contributed by atoms with Crippen LogP contribution >= 0.6 is 0 Å². The smallest absolute Gasteiger partial charge is 0.220 e. The first-order valence-electron chi connectivity index (χ1n) is 16.6. The molecular formula is C34H45N7O3. The summed E-state index contributed by atoms with van der Waals surface area (Å²) in [5.41, 5.74) is 2.98. The summed E-state index contributed by atoms with van der Waals surface area (Å²) in [5, 5.41) is 3.36. The molecule has 10 heteroatoms. The zero-order valence-electron chi connectivity index (χ0n) is 26.2. The Morgan fingerprint density at radius 3 is 2.50 bits per heavy atom. The zero-order chi connectivity index (χ0) is 30.1. The number of nitrogens with zero attached hydrogens (tertiary/aromatic N) is 6. The number of nitrogens with one attached hydrogen (secondary N) is 1. The topological polar surface area (TPSA) is 97.6 Å². The summed E-state index contributed by atoms with van der Waals surface area (Å²) in [4.78, 5) is 31.2. The van der Waals surface area contributed by atoms with Crippen LogP contribution in [0.2, 0.25) is 0 Å². The van der Waals surface area contributed by atoms with Crippen molar-refractivity contribution >= 4 is 28.6 Å². The van der Waals surface area contributed by atoms with Gasteiger partial charge in [0.05, 0.1) is 19.0 Å². The van der Waals surface area contributed by atoms with Crippen molar-refractivity contribution in [1.82, 2.24) is 24.8 Å². The third-order valence-corrected chi connectivity index (χ3v) is 12.2. The molecule has 44 heavy (non-hydrogen) atoms. The van der Waals surface area contributed by atoms with Crippen LogP contribution in [0, 0.1) is 23.2 Å². The Hall–Kier alpha value is -3.40. The van der Waals surface area contributed by atoms with Gasteiger partial charge in [0, 0.05) is 44.3 Å². The number of benzene rings is 1. The number of methoxy groups -OCH3 is 1. The minimum Gasteiger partial charge on any atom is -0.497 e. The first-order chi connectivity index (χ1) is 21.4. The summed E-state index contributed by atoms with van der Waals surface area (Å²) in [7, 11) is 1.70. The molecule has 5 fully saturated rings. The number of hydrogen-bond donors (Lipinski definition) is 1. The van der Waals surface area contributed by atoms with Crippen molar-refractivity contribution in [1.29, 1.82) is 0 Å². The van der Waals surface area contributed by atoms with Gasteiger partial charge in [-0.2, -0.15) is 0 Å². The monoisotopic (exact) mass is 599 g/mol. The van der Waals surface area contributed by atoms with E-state index in [9.17, 15) is 4.79 Å². The predicted molar refractivity (Wildman–Crippen MR) is 169 cm³/mol. The Kier molecular flexibility index (Phi) is 6.77. The number of hydrogen-bond acceptors (Lipinski definition) is 8. The Bertz CT molecular complexity index is 1540. The molecule has 5 aliphatic rings. The number of carbonyl (C=O) groups excluding carboxylic acids is 1. The van der Waals surface area contributed by atoms with Gasteiger partial charge >= 0.3 is 0 Å². The SMILES string of the molecule is COc1ccc(N2CCN(c3ncnc4c3ncn4[C@@H]3CC[C@H]4[C@@H]5CC[C@H]6NC(=O)CC[C@]6(C)[C@H]5CC[C@]4(C)O3)CC2)cc1. The fraction of sp³-hybridized carbons (Fsp3) is 0.647. The molecule has 0 unspecified atom stereocenters. The lowest BCUT2D eigenvalue weighted by atomic mass is 9.48. The number of amides is 1. The maximum atomic E-state index is 12.2. The molecule has 3 aliphatic heterocycles. The third-order valence-electron chi connectivity index (χ3n) is 12.2. The number of anilines is 2. The molecule has 2 aliphatic carbocycles. The van der Waals surface area contributed by atoms with Crippen molar-refractivity contribution in [3.8, 4) is 5.75 Å². The lowest BCUT2D eigenvalue weighted by Crippen LogP contribution is -2.63. The normalized spacial score (nSPS) is 35.4. The van der Waals surface area contributed by atoms with Crippen LogP contribution in [0.4, 0.5) is 11.5 Å². The molecule has 1 aromatic carbocycles. The Morgan fingerprint density at radius 2 is 1.70 bits per heavy atom. The first kappa shape index (κ1) is 28.1. The average Bonchev–Trinajstić information content (AvgIpc) is 3.49. The van der Waals surface area contributed by atoms with Gasteiger partial charge < -0.3 is 24.6 Å². The van der Waals surface area contributed by atoms with Crippen LogP contribution in [0.3, 0.4) is 0 Å². The summed E-state index contributed by atoms with van der Waals surface area (Å²) >= 11 is 0. The van der Waals surface area contributed by atoms with E-state index in [0.717, 1.165) is 81.0 Å². The fourth-order valence-electron chi connectivity index (χ4n) is 9.79. The van der Waals surface area contributed by atoms with Crippen LogP contribution in [-0.4, -0.2) is 70.4 Å². The van der Waals surface area contributed by atoms with E-state index >= 15 is 0 Å². The molecule has 2 aromatic heterocycles. The first-order valence-corrected chi connectivity index (χ1v) is 16.6. The number of carbonyl (C=O) groups is 1. The lowest BCUT2D eigenvalue weighted by Gasteiger charge is -2.62. The standard InChI is InChI=1S/C34H45N7O3/c1-33-14-13-28(42)38-27(33)10-8-24-25(33)12-15-34(2)26(24)9-11-29(44-34)41-21-37-30-31(35-20-36-32(30)41)40-18-16-39(17-19-40)22-4-6-23(43-3)7-5-22/h4-7,20-21,24-27,29H,8-19H2,1-3H3,(H,38,42)/t24-,25+,26+,27-,29+,33-,34+/m1/s1. The molecule has 2 saturated carbocycles. The van der Waals surface area contributed by atoms with Crippen LogP contribution in [0.25, 0.3) is 11.2 Å². The highest BCUT2D eigenvalue weighted by Gasteiger charge is 2.59. The summed E-state index contributed by atoms with van der Waals surface area (Å²) < 4.78 is 14.6. The fourth-order valence-corrected chi connectivity index (χ4v) is 9.79. The predicted octanol–water partition coefficient (Wildman–Crippen LogP) is 4.95. The van der Waals surface area contributed by atoms with Gasteiger partial charge in [0.1, 0.15) is 18.3 Å². The van der Waals surface area contributed by atoms with Gasteiger partial charge in [-0.1, -0.05) is 6.92 Å². The molecule has 1 N–H and O–H groups in total. The molecule has 234 valence electrons. The quantitative estimate of drug-likeness (QED) is 0.450. The Balaban J connectivity index is 0.977. The van der Waals surface area contributed by atoms with Crippen molar-refractivity contribution < 1.29 is 14.3 Å². The summed E-state index contributed by atoms with van der Waals surface area (Å²) in [6.07, 6.45) is 11.9. The third kappa shape index (κ3) is 4.46. The minimum atomic E-state index is -0.157. The van der Waals surface area contributed by atoms with E-state index in [1.54, 1.807) is 13.4 Å². The van der Waals surface area contributed by atoms with Crippen molar-refractivity contribution in [3.63, 3.8) is 0 Å².